The Hall–Kier alpha value is -4.34. The van der Waals surface area contributed by atoms with Gasteiger partial charge in [0.2, 0.25) is 0 Å². The van der Waals surface area contributed by atoms with E-state index in [-0.39, 0.29) is 22.3 Å². The third-order valence-electron chi connectivity index (χ3n) is 6.03. The van der Waals surface area contributed by atoms with Gasteiger partial charge in [0.15, 0.2) is 16.7 Å². The van der Waals surface area contributed by atoms with E-state index in [1.807, 2.05) is 60.7 Å². The van der Waals surface area contributed by atoms with E-state index >= 15 is 0 Å². The smallest absolute Gasteiger partial charge is 0.339 e. The first-order valence-electron chi connectivity index (χ1n) is 12.4. The summed E-state index contributed by atoms with van der Waals surface area (Å²) in [6, 6.07) is 32.4. The molecule has 9 heteroatoms. The van der Waals surface area contributed by atoms with Crippen LogP contribution in [0.15, 0.2) is 124 Å². The number of carbonyl (C=O) groups is 1. The minimum atomic E-state index is -4.04. The predicted molar refractivity (Wildman–Crippen MR) is 157 cm³/mol. The van der Waals surface area contributed by atoms with Gasteiger partial charge in [0, 0.05) is 0 Å². The van der Waals surface area contributed by atoms with E-state index in [1.165, 1.54) is 37.1 Å². The van der Waals surface area contributed by atoms with Gasteiger partial charge in [-0.25, -0.2) is 0 Å². The summed E-state index contributed by atoms with van der Waals surface area (Å²) in [7, 11) is -2.61. The molecule has 0 unspecified atom stereocenters. The molecule has 0 aromatic heterocycles. The summed E-state index contributed by atoms with van der Waals surface area (Å²) in [5.41, 5.74) is 2.69. The fourth-order valence-corrected chi connectivity index (χ4v) is 5.96. The molecule has 1 aliphatic rings. The van der Waals surface area contributed by atoms with Gasteiger partial charge < -0.3 is 8.92 Å². The number of carbonyl (C=O) groups excluding carboxylic acids is 1. The maximum atomic E-state index is 13.5. The van der Waals surface area contributed by atoms with Gasteiger partial charge in [-0.1, -0.05) is 84.9 Å². The predicted octanol–water partition coefficient (Wildman–Crippen LogP) is 6.14. The van der Waals surface area contributed by atoms with Gasteiger partial charge in [0.25, 0.3) is 5.91 Å². The van der Waals surface area contributed by atoms with Crippen molar-refractivity contribution in [2.24, 2.45) is 4.99 Å². The number of amides is 1. The molecule has 0 saturated carbocycles. The number of thioether (sulfide) groups is 1. The summed E-state index contributed by atoms with van der Waals surface area (Å²) < 4.78 is 36.2. The molecule has 5 rings (SSSR count). The van der Waals surface area contributed by atoms with Crippen molar-refractivity contribution in [3.63, 3.8) is 0 Å². The molecule has 0 spiro atoms. The highest BCUT2D eigenvalue weighted by Gasteiger charge is 2.33. The van der Waals surface area contributed by atoms with E-state index in [0.717, 1.165) is 11.1 Å². The van der Waals surface area contributed by atoms with Crippen LogP contribution in [0, 0.1) is 0 Å². The molecule has 1 heterocycles. The van der Waals surface area contributed by atoms with Crippen LogP contribution in [0.4, 0.5) is 0 Å². The lowest BCUT2D eigenvalue weighted by atomic mass is 10.1. The molecule has 0 bridgehead atoms. The first kappa shape index (κ1) is 27.2. The standard InChI is InChI=1S/C31H26N2O5S2/c1-37-28-19-25(17-18-27(28)38-40(35,36)26-15-9-4-10-16-26)20-29-30(34)33(22-24-13-7-3-8-14-24)31(39-29)32-21-23-11-5-2-6-12-23/h2-20H,21-22H2,1H3/b29-20+,32-31?. The average molecular weight is 571 g/mol. The number of nitrogens with zero attached hydrogens (tertiary/aromatic N) is 2. The lowest BCUT2D eigenvalue weighted by molar-refractivity contribution is -0.122. The van der Waals surface area contributed by atoms with Gasteiger partial charge in [0.05, 0.1) is 25.1 Å². The fourth-order valence-electron chi connectivity index (χ4n) is 4.02. The SMILES string of the molecule is COc1cc(/C=C2/SC(=NCc3ccccc3)N(Cc3ccccc3)C2=O)ccc1OS(=O)(=O)c1ccccc1. The zero-order valence-electron chi connectivity index (χ0n) is 21.6. The Morgan fingerprint density at radius 2 is 1.45 bits per heavy atom. The quantitative estimate of drug-likeness (QED) is 0.178. The second kappa shape index (κ2) is 12.2. The Balaban J connectivity index is 1.42. The Bertz CT molecular complexity index is 1660. The van der Waals surface area contributed by atoms with E-state index in [2.05, 4.69) is 0 Å². The van der Waals surface area contributed by atoms with Crippen LogP contribution in [0.3, 0.4) is 0 Å². The number of hydrogen-bond donors (Lipinski definition) is 0. The van der Waals surface area contributed by atoms with Gasteiger partial charge in [-0.15, -0.1) is 0 Å². The number of rotatable bonds is 9. The van der Waals surface area contributed by atoms with Crippen LogP contribution in [0.1, 0.15) is 16.7 Å². The van der Waals surface area contributed by atoms with Gasteiger partial charge in [-0.2, -0.15) is 8.42 Å². The van der Waals surface area contributed by atoms with E-state index in [0.29, 0.717) is 28.7 Å². The van der Waals surface area contributed by atoms with E-state index < -0.39 is 10.1 Å². The second-order valence-electron chi connectivity index (χ2n) is 8.83. The molecule has 1 amide bonds. The maximum absolute atomic E-state index is 13.5. The van der Waals surface area contributed by atoms with Crippen LogP contribution < -0.4 is 8.92 Å². The number of ether oxygens (including phenoxy) is 1. The first-order valence-corrected chi connectivity index (χ1v) is 14.7. The summed E-state index contributed by atoms with van der Waals surface area (Å²) in [6.45, 7) is 0.843. The van der Waals surface area contributed by atoms with Crippen molar-refractivity contribution in [1.82, 2.24) is 4.90 Å². The molecule has 4 aromatic rings. The molecule has 7 nitrogen and oxygen atoms in total. The van der Waals surface area contributed by atoms with Crippen molar-refractivity contribution in [3.05, 3.63) is 131 Å². The molecule has 4 aromatic carbocycles. The highest BCUT2D eigenvalue weighted by Crippen LogP contribution is 2.36. The highest BCUT2D eigenvalue weighted by atomic mass is 32.2. The Morgan fingerprint density at radius 3 is 2.10 bits per heavy atom. The van der Waals surface area contributed by atoms with Crippen LogP contribution in [-0.4, -0.2) is 31.5 Å². The summed E-state index contributed by atoms with van der Waals surface area (Å²) in [4.78, 5) is 20.5. The lowest BCUT2D eigenvalue weighted by Gasteiger charge is -2.15. The third-order valence-corrected chi connectivity index (χ3v) is 8.32. The first-order chi connectivity index (χ1) is 19.4. The number of hydrogen-bond acceptors (Lipinski definition) is 7. The molecular weight excluding hydrogens is 544 g/mol. The Labute approximate surface area is 237 Å². The topological polar surface area (TPSA) is 85.3 Å². The molecule has 1 fully saturated rings. The number of aliphatic imine (C=N–C) groups is 1. The lowest BCUT2D eigenvalue weighted by Crippen LogP contribution is -2.28. The summed E-state index contributed by atoms with van der Waals surface area (Å²) >= 11 is 1.30. The molecule has 202 valence electrons. The molecule has 0 N–H and O–H groups in total. The normalized spacial score (nSPS) is 15.5. The summed E-state index contributed by atoms with van der Waals surface area (Å²) in [5, 5.41) is 0.616. The van der Waals surface area contributed by atoms with Crippen LogP contribution in [0.25, 0.3) is 6.08 Å². The van der Waals surface area contributed by atoms with Gasteiger partial charge in [-0.3, -0.25) is 14.7 Å². The van der Waals surface area contributed by atoms with Gasteiger partial charge in [0.1, 0.15) is 4.90 Å². The van der Waals surface area contributed by atoms with Gasteiger partial charge >= 0.3 is 10.1 Å². The van der Waals surface area contributed by atoms with Crippen molar-refractivity contribution in [2.75, 3.05) is 7.11 Å². The van der Waals surface area contributed by atoms with Crippen molar-refractivity contribution in [1.29, 1.82) is 0 Å². The fraction of sp³-hybridized carbons (Fsp3) is 0.0968. The van der Waals surface area contributed by atoms with Crippen molar-refractivity contribution in [2.45, 2.75) is 18.0 Å². The van der Waals surface area contributed by atoms with Crippen LogP contribution in [-0.2, 0) is 28.0 Å². The Morgan fingerprint density at radius 1 is 0.825 bits per heavy atom. The van der Waals surface area contributed by atoms with E-state index in [9.17, 15) is 13.2 Å². The third kappa shape index (κ3) is 6.44. The Kier molecular flexibility index (Phi) is 8.33. The molecule has 1 saturated heterocycles. The molecule has 0 aliphatic carbocycles. The van der Waals surface area contributed by atoms with Crippen molar-refractivity contribution in [3.8, 4) is 11.5 Å². The number of amidine groups is 1. The zero-order valence-corrected chi connectivity index (χ0v) is 23.3. The monoisotopic (exact) mass is 570 g/mol. The summed E-state index contributed by atoms with van der Waals surface area (Å²) in [5.74, 6) is 0.116. The number of benzene rings is 4. The van der Waals surface area contributed by atoms with Crippen molar-refractivity contribution < 1.29 is 22.1 Å². The number of methoxy groups -OCH3 is 1. The molecular formula is C31H26N2O5S2. The minimum absolute atomic E-state index is 0.0389. The van der Waals surface area contributed by atoms with Crippen LogP contribution >= 0.6 is 11.8 Å². The molecule has 40 heavy (non-hydrogen) atoms. The largest absolute Gasteiger partial charge is 0.493 e. The average Bonchev–Trinajstić information content (AvgIpc) is 3.27. The summed E-state index contributed by atoms with van der Waals surface area (Å²) in [6.07, 6.45) is 1.74. The highest BCUT2D eigenvalue weighted by molar-refractivity contribution is 8.18. The van der Waals surface area contributed by atoms with Crippen LogP contribution in [0.2, 0.25) is 0 Å². The van der Waals surface area contributed by atoms with Crippen LogP contribution in [0.5, 0.6) is 11.5 Å². The molecule has 0 atom stereocenters. The zero-order chi connectivity index (χ0) is 28.0. The van der Waals surface area contributed by atoms with Crippen molar-refractivity contribution >= 4 is 39.0 Å². The van der Waals surface area contributed by atoms with Gasteiger partial charge in [-0.05, 0) is 58.8 Å². The van der Waals surface area contributed by atoms with E-state index in [1.54, 1.807) is 41.3 Å². The minimum Gasteiger partial charge on any atom is -0.493 e. The molecule has 1 aliphatic heterocycles. The second-order valence-corrected chi connectivity index (χ2v) is 11.4. The maximum Gasteiger partial charge on any atom is 0.339 e. The van der Waals surface area contributed by atoms with E-state index in [4.69, 9.17) is 13.9 Å². The molecule has 0 radical (unpaired) electrons.